The molecule has 6 heteroatoms. The number of anilines is 2. The van der Waals surface area contributed by atoms with Crippen LogP contribution in [0.4, 0.5) is 11.4 Å². The van der Waals surface area contributed by atoms with Crippen molar-refractivity contribution in [3.63, 3.8) is 0 Å². The van der Waals surface area contributed by atoms with Gasteiger partial charge in [-0.05, 0) is 50.2 Å². The molecule has 0 saturated heterocycles. The molecule has 0 bridgehead atoms. The van der Waals surface area contributed by atoms with E-state index in [-0.39, 0.29) is 48.0 Å². The molecule has 4 N–H and O–H groups in total. The molecule has 4 rings (SSSR count). The van der Waals surface area contributed by atoms with Gasteiger partial charge in [0.2, 0.25) is 11.2 Å². The number of aromatic nitrogens is 1. The van der Waals surface area contributed by atoms with Gasteiger partial charge in [0.25, 0.3) is 0 Å². The van der Waals surface area contributed by atoms with Crippen molar-refractivity contribution in [1.29, 1.82) is 0 Å². The van der Waals surface area contributed by atoms with Gasteiger partial charge >= 0.3 is 0 Å². The highest BCUT2D eigenvalue weighted by atomic mass is 127. The molecule has 0 aliphatic heterocycles. The number of halogens is 2. The molecule has 0 atom stereocenters. The molecule has 4 nitrogen and oxygen atoms in total. The number of quaternary nitrogens is 1. The van der Waals surface area contributed by atoms with Crippen LogP contribution in [-0.2, 0) is 6.54 Å². The van der Waals surface area contributed by atoms with E-state index in [0.29, 0.717) is 0 Å². The van der Waals surface area contributed by atoms with E-state index >= 15 is 0 Å². The van der Waals surface area contributed by atoms with Crippen LogP contribution in [0.5, 0.6) is 0 Å². The van der Waals surface area contributed by atoms with Crippen molar-refractivity contribution in [1.82, 2.24) is 0 Å². The third-order valence-electron chi connectivity index (χ3n) is 6.61. The molecule has 0 unspecified atom stereocenters. The van der Waals surface area contributed by atoms with Gasteiger partial charge in [-0.1, -0.05) is 24.3 Å². The minimum absolute atomic E-state index is 0. The second-order valence-electron chi connectivity index (χ2n) is 8.42. The Labute approximate surface area is 225 Å². The van der Waals surface area contributed by atoms with Gasteiger partial charge in [-0.15, -0.1) is 0 Å². The topological polar surface area (TPSA) is 55.9 Å². The maximum Gasteiger partial charge on any atom is 0.221 e. The molecule has 0 fully saturated rings. The predicted octanol–water partition coefficient (Wildman–Crippen LogP) is -1.39. The van der Waals surface area contributed by atoms with Gasteiger partial charge in [0, 0.05) is 28.4 Å². The van der Waals surface area contributed by atoms with Gasteiger partial charge in [-0.2, -0.15) is 4.57 Å². The van der Waals surface area contributed by atoms with E-state index in [1.54, 1.807) is 0 Å². The van der Waals surface area contributed by atoms with Crippen LogP contribution in [0.15, 0.2) is 66.7 Å². The zero-order valence-electron chi connectivity index (χ0n) is 19.0. The second kappa shape index (κ2) is 11.0. The Hall–Kier alpha value is -1.65. The normalized spacial score (nSPS) is 11.2. The number of likely N-dealkylation sites (N-methyl/N-ethyl adjacent to an activating group) is 1. The SMILES string of the molecule is CC[N+](C)(CC)CC[n+]1c(-c2ccccc2)c2cc(N)ccc2c2ccc(N)cc21.[I-].[I-]. The predicted molar refractivity (Wildman–Crippen MR) is 128 cm³/mol. The van der Waals surface area contributed by atoms with Crippen LogP contribution >= 0.6 is 0 Å². The molecule has 3 aromatic carbocycles. The average molecular weight is 654 g/mol. The Kier molecular flexibility index (Phi) is 9.13. The molecule has 170 valence electrons. The standard InChI is InChI=1S/C26H31N4.2HI/c1-4-30(3,5-2)16-15-29-25-18-21(28)12-14-23(25)22-13-11-20(27)17-24(22)26(29)19-9-7-6-8-10-19;;/h6-14,17-18,28H,4-5,15-16,27H2,1-3H3;2*1H/q+1;;/p-1. The van der Waals surface area contributed by atoms with Crippen LogP contribution in [0.3, 0.4) is 0 Å². The molecule has 1 aromatic heterocycles. The fourth-order valence-corrected chi connectivity index (χ4v) is 4.28. The second-order valence-corrected chi connectivity index (χ2v) is 8.42. The zero-order chi connectivity index (χ0) is 21.3. The van der Waals surface area contributed by atoms with Crippen LogP contribution in [-0.4, -0.2) is 31.2 Å². The molecule has 0 radical (unpaired) electrons. The largest absolute Gasteiger partial charge is 1.00 e. The van der Waals surface area contributed by atoms with E-state index in [9.17, 15) is 0 Å². The van der Waals surface area contributed by atoms with Crippen molar-refractivity contribution >= 4 is 33.1 Å². The fourth-order valence-electron chi connectivity index (χ4n) is 4.28. The molecule has 0 amide bonds. The first-order chi connectivity index (χ1) is 14.5. The van der Waals surface area contributed by atoms with E-state index in [2.05, 4.69) is 80.1 Å². The molecule has 32 heavy (non-hydrogen) atoms. The van der Waals surface area contributed by atoms with Gasteiger partial charge in [0.1, 0.15) is 6.54 Å². The summed E-state index contributed by atoms with van der Waals surface area (Å²) in [7, 11) is 2.33. The Balaban J connectivity index is 0.00000181. The summed E-state index contributed by atoms with van der Waals surface area (Å²) in [5, 5.41) is 3.60. The number of benzene rings is 3. The summed E-state index contributed by atoms with van der Waals surface area (Å²) in [5.74, 6) is 0. The third-order valence-corrected chi connectivity index (χ3v) is 6.61. The highest BCUT2D eigenvalue weighted by Crippen LogP contribution is 2.33. The van der Waals surface area contributed by atoms with Crippen LogP contribution in [0.25, 0.3) is 32.9 Å². The molecule has 4 aromatic rings. The summed E-state index contributed by atoms with van der Waals surface area (Å²) in [4.78, 5) is 0. The minimum atomic E-state index is 0. The van der Waals surface area contributed by atoms with Gasteiger partial charge in [0.05, 0.1) is 30.9 Å². The van der Waals surface area contributed by atoms with Crippen LogP contribution < -0.4 is 64.0 Å². The van der Waals surface area contributed by atoms with Gasteiger partial charge in [-0.25, -0.2) is 0 Å². The highest BCUT2D eigenvalue weighted by molar-refractivity contribution is 6.10. The van der Waals surface area contributed by atoms with E-state index in [0.717, 1.165) is 42.0 Å². The van der Waals surface area contributed by atoms with Gasteiger partial charge in [-0.3, -0.25) is 0 Å². The number of nitrogen functional groups attached to an aromatic ring is 2. The van der Waals surface area contributed by atoms with Crippen molar-refractivity contribution in [3.05, 3.63) is 66.7 Å². The molecular weight excluding hydrogens is 622 g/mol. The number of hydrogen-bond acceptors (Lipinski definition) is 2. The lowest BCUT2D eigenvalue weighted by molar-refractivity contribution is -0.921. The third kappa shape index (κ3) is 5.12. The maximum absolute atomic E-state index is 6.25. The van der Waals surface area contributed by atoms with Crippen LogP contribution in [0.2, 0.25) is 0 Å². The summed E-state index contributed by atoms with van der Waals surface area (Å²) in [6, 6.07) is 23.1. The smallest absolute Gasteiger partial charge is 0.221 e. The zero-order valence-corrected chi connectivity index (χ0v) is 23.3. The Bertz CT molecular complexity index is 1210. The van der Waals surface area contributed by atoms with Crippen LogP contribution in [0.1, 0.15) is 13.8 Å². The first-order valence-electron chi connectivity index (χ1n) is 10.8. The quantitative estimate of drug-likeness (QED) is 0.0886. The number of nitrogens with zero attached hydrogens (tertiary/aromatic N) is 2. The Morgan fingerprint density at radius 2 is 1.34 bits per heavy atom. The summed E-state index contributed by atoms with van der Waals surface area (Å²) < 4.78 is 3.48. The number of fused-ring (bicyclic) bond motifs is 3. The van der Waals surface area contributed by atoms with E-state index in [4.69, 9.17) is 11.5 Å². The van der Waals surface area contributed by atoms with Crippen molar-refractivity contribution < 1.29 is 57.0 Å². The van der Waals surface area contributed by atoms with Gasteiger partial charge in [0.15, 0.2) is 6.54 Å². The fraction of sp³-hybridized carbons (Fsp3) is 0.269. The molecule has 0 saturated carbocycles. The van der Waals surface area contributed by atoms with Crippen molar-refractivity contribution in [2.45, 2.75) is 20.4 Å². The number of nitrogens with two attached hydrogens (primary N) is 2. The monoisotopic (exact) mass is 654 g/mol. The van der Waals surface area contributed by atoms with E-state index in [1.807, 2.05) is 12.1 Å². The average Bonchev–Trinajstić information content (AvgIpc) is 2.77. The summed E-state index contributed by atoms with van der Waals surface area (Å²) in [6.45, 7) is 8.71. The molecular formula is C26H32I2N4. The molecule has 0 aliphatic carbocycles. The lowest BCUT2D eigenvalue weighted by Crippen LogP contribution is -3.00. The first kappa shape index (κ1) is 26.6. The first-order valence-corrected chi connectivity index (χ1v) is 10.8. The van der Waals surface area contributed by atoms with Crippen molar-refractivity contribution in [2.75, 3.05) is 38.1 Å². The Morgan fingerprint density at radius 1 is 0.750 bits per heavy atom. The molecule has 0 spiro atoms. The number of pyridine rings is 1. The Morgan fingerprint density at radius 3 is 1.97 bits per heavy atom. The summed E-state index contributed by atoms with van der Waals surface area (Å²) in [5.41, 5.74) is 17.6. The van der Waals surface area contributed by atoms with E-state index < -0.39 is 0 Å². The highest BCUT2D eigenvalue weighted by Gasteiger charge is 2.27. The van der Waals surface area contributed by atoms with Crippen LogP contribution in [0, 0.1) is 0 Å². The molecule has 0 aliphatic rings. The van der Waals surface area contributed by atoms with Crippen molar-refractivity contribution in [3.8, 4) is 11.3 Å². The van der Waals surface area contributed by atoms with Crippen molar-refractivity contribution in [2.24, 2.45) is 0 Å². The van der Waals surface area contributed by atoms with E-state index in [1.165, 1.54) is 32.9 Å². The summed E-state index contributed by atoms with van der Waals surface area (Å²) >= 11 is 0. The maximum atomic E-state index is 6.25. The molecule has 1 heterocycles. The van der Waals surface area contributed by atoms with Gasteiger partial charge < -0.3 is 63.9 Å². The minimum Gasteiger partial charge on any atom is -1.00 e. The number of rotatable bonds is 6. The number of hydrogen-bond donors (Lipinski definition) is 2. The lowest BCUT2D eigenvalue weighted by atomic mass is 9.98. The summed E-state index contributed by atoms with van der Waals surface area (Å²) in [6.07, 6.45) is 0. The lowest BCUT2D eigenvalue weighted by Gasteiger charge is -2.31.